The molecule has 0 saturated heterocycles. The summed E-state index contributed by atoms with van der Waals surface area (Å²) >= 11 is 0. The second-order valence-corrected chi connectivity index (χ2v) is 7.67. The molecule has 31 heavy (non-hydrogen) atoms. The van der Waals surface area contributed by atoms with Crippen molar-refractivity contribution in [2.45, 2.75) is 38.0 Å². The van der Waals surface area contributed by atoms with Crippen molar-refractivity contribution in [1.29, 1.82) is 5.26 Å². The van der Waals surface area contributed by atoms with Gasteiger partial charge in [-0.3, -0.25) is 4.79 Å². The van der Waals surface area contributed by atoms with Crippen LogP contribution >= 0.6 is 0 Å². The van der Waals surface area contributed by atoms with E-state index < -0.39 is 11.7 Å². The third-order valence-corrected chi connectivity index (χ3v) is 5.60. The zero-order valence-corrected chi connectivity index (χ0v) is 16.8. The fourth-order valence-corrected chi connectivity index (χ4v) is 3.90. The number of benzene rings is 2. The van der Waals surface area contributed by atoms with E-state index in [2.05, 4.69) is 26.9 Å². The molecule has 7 nitrogen and oxygen atoms in total. The van der Waals surface area contributed by atoms with E-state index in [1.165, 1.54) is 17.7 Å². The van der Waals surface area contributed by atoms with Gasteiger partial charge in [0.25, 0.3) is 0 Å². The van der Waals surface area contributed by atoms with Crippen LogP contribution in [0.4, 0.5) is 21.8 Å². The van der Waals surface area contributed by atoms with Crippen molar-refractivity contribution in [1.82, 2.24) is 10.2 Å². The summed E-state index contributed by atoms with van der Waals surface area (Å²) in [5, 5.41) is 21.7. The number of hydrogen-bond donors (Lipinski definition) is 2. The molecule has 0 radical (unpaired) electrons. The van der Waals surface area contributed by atoms with Crippen molar-refractivity contribution < 1.29 is 13.6 Å². The molecule has 2 N–H and O–H groups in total. The lowest BCUT2D eigenvalue weighted by Gasteiger charge is -2.27. The van der Waals surface area contributed by atoms with E-state index in [0.29, 0.717) is 23.9 Å². The largest absolute Gasteiger partial charge is 0.399 e. The monoisotopic (exact) mass is 419 g/mol. The molecule has 1 fully saturated rings. The number of nitrogens with one attached hydrogen (secondary N) is 2. The Hall–Kier alpha value is -3.73. The Morgan fingerprint density at radius 3 is 2.55 bits per heavy atom. The van der Waals surface area contributed by atoms with Crippen molar-refractivity contribution in [3.8, 4) is 6.07 Å². The normalized spacial score (nSPS) is 18.2. The molecule has 2 aromatic carbocycles. The smallest absolute Gasteiger partial charge is 0.320 e. The second kappa shape index (κ2) is 9.39. The topological polar surface area (TPSA) is 104 Å². The maximum atomic E-state index is 13.7. The molecule has 158 valence electrons. The number of nitriles is 1. The molecule has 0 unspecified atom stereocenters. The SMILES string of the molecule is N#CC[C@H]1CC[C@H](c2ccc(NC(=O)c3nnc(Nc4ccccc4F)o3)cc2)CC1. The van der Waals surface area contributed by atoms with E-state index in [1.807, 2.05) is 24.3 Å². The number of carbonyl (C=O) groups is 1. The lowest BCUT2D eigenvalue weighted by atomic mass is 9.78. The highest BCUT2D eigenvalue weighted by Gasteiger charge is 2.22. The highest BCUT2D eigenvalue weighted by molar-refractivity contribution is 6.00. The predicted octanol–water partition coefficient (Wildman–Crippen LogP) is 5.39. The Morgan fingerprint density at radius 2 is 1.84 bits per heavy atom. The van der Waals surface area contributed by atoms with Gasteiger partial charge in [0.2, 0.25) is 0 Å². The fraction of sp³-hybridized carbons (Fsp3) is 0.304. The number of anilines is 3. The van der Waals surface area contributed by atoms with E-state index in [0.717, 1.165) is 25.7 Å². The van der Waals surface area contributed by atoms with Crippen molar-refractivity contribution in [2.24, 2.45) is 5.92 Å². The van der Waals surface area contributed by atoms with Gasteiger partial charge < -0.3 is 15.1 Å². The van der Waals surface area contributed by atoms with Gasteiger partial charge in [-0.25, -0.2) is 4.39 Å². The summed E-state index contributed by atoms with van der Waals surface area (Å²) in [7, 11) is 0. The van der Waals surface area contributed by atoms with Crippen LogP contribution in [0, 0.1) is 23.1 Å². The highest BCUT2D eigenvalue weighted by atomic mass is 19.1. The quantitative estimate of drug-likeness (QED) is 0.555. The van der Waals surface area contributed by atoms with Crippen LogP contribution in [-0.4, -0.2) is 16.1 Å². The van der Waals surface area contributed by atoms with E-state index in [1.54, 1.807) is 12.1 Å². The summed E-state index contributed by atoms with van der Waals surface area (Å²) in [5.41, 5.74) is 2.03. The van der Waals surface area contributed by atoms with Crippen LogP contribution in [0.25, 0.3) is 0 Å². The Balaban J connectivity index is 1.34. The minimum absolute atomic E-state index is 0.0717. The van der Waals surface area contributed by atoms with E-state index in [4.69, 9.17) is 9.68 Å². The molecule has 0 atom stereocenters. The number of para-hydroxylation sites is 1. The Kier molecular flexibility index (Phi) is 6.22. The van der Waals surface area contributed by atoms with E-state index >= 15 is 0 Å². The van der Waals surface area contributed by atoms with Gasteiger partial charge >= 0.3 is 17.8 Å². The first-order valence-corrected chi connectivity index (χ1v) is 10.3. The first-order valence-electron chi connectivity index (χ1n) is 10.3. The van der Waals surface area contributed by atoms with Crippen LogP contribution < -0.4 is 10.6 Å². The van der Waals surface area contributed by atoms with Crippen molar-refractivity contribution in [3.05, 3.63) is 65.8 Å². The molecule has 1 saturated carbocycles. The van der Waals surface area contributed by atoms with Crippen LogP contribution in [0.5, 0.6) is 0 Å². The average molecular weight is 419 g/mol. The minimum atomic E-state index is -0.543. The molecule has 0 aliphatic heterocycles. The molecule has 1 amide bonds. The molecule has 1 aliphatic carbocycles. The fourth-order valence-electron chi connectivity index (χ4n) is 3.90. The first-order chi connectivity index (χ1) is 15.1. The molecule has 0 spiro atoms. The summed E-state index contributed by atoms with van der Waals surface area (Å²) < 4.78 is 19.0. The second-order valence-electron chi connectivity index (χ2n) is 7.67. The minimum Gasteiger partial charge on any atom is -0.399 e. The zero-order valence-electron chi connectivity index (χ0n) is 16.8. The van der Waals surface area contributed by atoms with Gasteiger partial charge in [0, 0.05) is 12.1 Å². The van der Waals surface area contributed by atoms with Crippen LogP contribution in [0.15, 0.2) is 52.9 Å². The van der Waals surface area contributed by atoms with Gasteiger partial charge in [-0.2, -0.15) is 5.26 Å². The molecule has 0 bridgehead atoms. The molecule has 3 aromatic rings. The Morgan fingerprint density at radius 1 is 1.10 bits per heavy atom. The molecule has 8 heteroatoms. The van der Waals surface area contributed by atoms with Crippen molar-refractivity contribution in [3.63, 3.8) is 0 Å². The summed E-state index contributed by atoms with van der Waals surface area (Å²) in [4.78, 5) is 12.4. The highest BCUT2D eigenvalue weighted by Crippen LogP contribution is 2.37. The lowest BCUT2D eigenvalue weighted by molar-refractivity contribution is 0.0991. The third kappa shape index (κ3) is 5.07. The predicted molar refractivity (Wildman–Crippen MR) is 113 cm³/mol. The van der Waals surface area contributed by atoms with Gasteiger partial charge in [-0.1, -0.05) is 29.4 Å². The number of rotatable bonds is 6. The van der Waals surface area contributed by atoms with Gasteiger partial charge in [-0.15, -0.1) is 5.10 Å². The summed E-state index contributed by atoms with van der Waals surface area (Å²) in [6.07, 6.45) is 4.97. The van der Waals surface area contributed by atoms with Crippen LogP contribution in [0.1, 0.15) is 54.3 Å². The number of carbonyl (C=O) groups excluding carboxylic acids is 1. The lowest BCUT2D eigenvalue weighted by Crippen LogP contribution is -2.14. The standard InChI is InChI=1S/C23H22FN5O2/c24-19-3-1-2-4-20(19)27-23-29-28-22(31-23)21(30)26-18-11-9-17(10-12-18)16-7-5-15(6-8-16)13-14-25/h1-4,9-12,15-16H,5-8,13H2,(H,26,30)(H,27,29)/t15-,16-. The number of halogens is 1. The number of aromatic nitrogens is 2. The zero-order chi connectivity index (χ0) is 21.6. The number of hydrogen-bond acceptors (Lipinski definition) is 6. The number of nitrogens with zero attached hydrogens (tertiary/aromatic N) is 3. The van der Waals surface area contributed by atoms with Gasteiger partial charge in [-0.05, 0) is 67.3 Å². The van der Waals surface area contributed by atoms with Crippen LogP contribution in [-0.2, 0) is 0 Å². The molecule has 1 aromatic heterocycles. The van der Waals surface area contributed by atoms with Gasteiger partial charge in [0.1, 0.15) is 5.82 Å². The molecule has 1 heterocycles. The molecular formula is C23H22FN5O2. The summed E-state index contributed by atoms with van der Waals surface area (Å²) in [5.74, 6) is -0.224. The van der Waals surface area contributed by atoms with E-state index in [9.17, 15) is 9.18 Å². The van der Waals surface area contributed by atoms with Gasteiger partial charge in [0.05, 0.1) is 11.8 Å². The van der Waals surface area contributed by atoms with Crippen LogP contribution in [0.2, 0.25) is 0 Å². The van der Waals surface area contributed by atoms with Crippen LogP contribution in [0.3, 0.4) is 0 Å². The molecule has 4 rings (SSSR count). The van der Waals surface area contributed by atoms with Crippen molar-refractivity contribution in [2.75, 3.05) is 10.6 Å². The Bertz CT molecular complexity index is 1080. The summed E-state index contributed by atoms with van der Waals surface area (Å²) in [6, 6.07) is 16.0. The molecular weight excluding hydrogens is 397 g/mol. The van der Waals surface area contributed by atoms with E-state index in [-0.39, 0.29) is 17.6 Å². The average Bonchev–Trinajstić information content (AvgIpc) is 3.26. The maximum Gasteiger partial charge on any atom is 0.320 e. The maximum absolute atomic E-state index is 13.7. The third-order valence-electron chi connectivity index (χ3n) is 5.60. The first kappa shape index (κ1) is 20.5. The summed E-state index contributed by atoms with van der Waals surface area (Å²) in [6.45, 7) is 0. The molecule has 1 aliphatic rings. The van der Waals surface area contributed by atoms with Crippen molar-refractivity contribution >= 4 is 23.3 Å². The number of amides is 1. The van der Waals surface area contributed by atoms with Gasteiger partial charge in [0.15, 0.2) is 0 Å². The Labute approximate surface area is 179 Å².